The zero-order valence-corrected chi connectivity index (χ0v) is 20.6. The van der Waals surface area contributed by atoms with Crippen molar-refractivity contribution >= 4 is 4.21 Å². The Morgan fingerprint density at radius 3 is 1.93 bits per heavy atom. The van der Waals surface area contributed by atoms with Crippen LogP contribution in [-0.2, 0) is 41.5 Å². The Kier molecular flexibility index (Phi) is 7.63. The minimum atomic E-state index is 0.177. The van der Waals surface area contributed by atoms with Gasteiger partial charge in [0.1, 0.15) is 0 Å². The van der Waals surface area contributed by atoms with Gasteiger partial charge in [0.05, 0.1) is 0 Å². The topological polar surface area (TPSA) is 0 Å². The van der Waals surface area contributed by atoms with Gasteiger partial charge in [-0.1, -0.05) is 76.3 Å². The SMILES string of the molecule is CC(C)(C)c1c[c-]c2c(c1)-c1cc(C(C)(C)C)ccc1C2.[CH2]=[Zr+2].c1cc[cH-]c1. The summed E-state index contributed by atoms with van der Waals surface area (Å²) in [6, 6.07) is 25.1. The zero-order valence-electron chi connectivity index (χ0n) is 18.2. The maximum atomic E-state index is 3.53. The van der Waals surface area contributed by atoms with Crippen LogP contribution in [-0.4, -0.2) is 4.21 Å². The molecule has 0 radical (unpaired) electrons. The van der Waals surface area contributed by atoms with Gasteiger partial charge < -0.3 is 0 Å². The Hall–Kier alpha value is -1.46. The smallest absolute Gasteiger partial charge is 0.172 e. The first-order valence-corrected chi connectivity index (χ1v) is 11.6. The number of fused-ring (bicyclic) bond motifs is 3. The van der Waals surface area contributed by atoms with E-state index < -0.39 is 0 Å². The molecule has 0 N–H and O–H groups in total. The van der Waals surface area contributed by atoms with Crippen LogP contribution in [0.15, 0.2) is 60.7 Å². The van der Waals surface area contributed by atoms with Crippen molar-refractivity contribution in [2.24, 2.45) is 0 Å². The van der Waals surface area contributed by atoms with Crippen LogP contribution < -0.4 is 0 Å². The predicted octanol–water partition coefficient (Wildman–Crippen LogP) is 7.02. The Labute approximate surface area is 186 Å². The summed E-state index contributed by atoms with van der Waals surface area (Å²) in [6.45, 7) is 13.6. The minimum Gasteiger partial charge on any atom is -0.214 e. The summed E-state index contributed by atoms with van der Waals surface area (Å²) in [6.07, 6.45) is 1.03. The first-order valence-electron chi connectivity index (χ1n) is 9.87. The third kappa shape index (κ3) is 5.54. The van der Waals surface area contributed by atoms with Gasteiger partial charge in [-0.05, 0) is 17.4 Å². The van der Waals surface area contributed by atoms with Crippen molar-refractivity contribution in [3.63, 3.8) is 0 Å². The molecule has 0 nitrogen and oxygen atoms in total. The fraction of sp³-hybridized carbons (Fsp3) is 0.333. The molecule has 3 aromatic rings. The predicted molar refractivity (Wildman–Crippen MR) is 120 cm³/mol. The van der Waals surface area contributed by atoms with Crippen LogP contribution in [0.4, 0.5) is 0 Å². The van der Waals surface area contributed by atoms with E-state index in [4.69, 9.17) is 0 Å². The van der Waals surface area contributed by atoms with E-state index >= 15 is 0 Å². The van der Waals surface area contributed by atoms with E-state index in [0.717, 1.165) is 6.42 Å². The van der Waals surface area contributed by atoms with Gasteiger partial charge in [0, 0.05) is 0 Å². The second-order valence-electron chi connectivity index (χ2n) is 9.29. The van der Waals surface area contributed by atoms with Crippen LogP contribution >= 0.6 is 0 Å². The summed E-state index contributed by atoms with van der Waals surface area (Å²) in [5.74, 6) is 0. The fourth-order valence-electron chi connectivity index (χ4n) is 3.31. The molecular weight excluding hydrogens is 416 g/mol. The van der Waals surface area contributed by atoms with Crippen molar-refractivity contribution < 1.29 is 24.2 Å². The second kappa shape index (κ2) is 9.36. The van der Waals surface area contributed by atoms with Crippen LogP contribution in [0.1, 0.15) is 63.8 Å². The monoisotopic (exact) mass is 446 g/mol. The number of hydrogen-bond donors (Lipinski definition) is 0. The number of rotatable bonds is 0. The van der Waals surface area contributed by atoms with Gasteiger partial charge in [-0.15, -0.1) is 5.56 Å². The molecule has 0 atom stereocenters. The van der Waals surface area contributed by atoms with Crippen LogP contribution in [0.3, 0.4) is 0 Å². The Bertz CT molecular complexity index is 808. The van der Waals surface area contributed by atoms with Gasteiger partial charge in [0.2, 0.25) is 0 Å². The quantitative estimate of drug-likeness (QED) is 0.254. The molecule has 1 aliphatic rings. The standard InChI is InChI=1S/C21H25.C5H5.CH2.Zr/c1-20(2,3)16-9-7-14-11-15-8-10-17(21(4,5)6)13-19(15)18(14)12-16;1-2-4-5-3-1;;/h7,9-10,12-13H,11H2,1-6H3;1-5H;1H2;/q2*-1;;+2. The summed E-state index contributed by atoms with van der Waals surface area (Å²) in [5.41, 5.74) is 8.76. The van der Waals surface area contributed by atoms with Crippen molar-refractivity contribution in [2.75, 3.05) is 0 Å². The largest absolute Gasteiger partial charge is 0.214 e. The summed E-state index contributed by atoms with van der Waals surface area (Å²) in [4.78, 5) is 0. The number of hydrogen-bond acceptors (Lipinski definition) is 0. The van der Waals surface area contributed by atoms with Crippen molar-refractivity contribution in [1.82, 2.24) is 0 Å². The molecule has 0 saturated heterocycles. The minimum absolute atomic E-state index is 0.177. The zero-order chi connectivity index (χ0) is 20.9. The van der Waals surface area contributed by atoms with Gasteiger partial charge in [-0.3, -0.25) is 0 Å². The molecule has 4 rings (SSSR count). The molecule has 0 aliphatic heterocycles. The van der Waals surface area contributed by atoms with E-state index in [0.29, 0.717) is 0 Å². The van der Waals surface area contributed by atoms with E-state index in [1.807, 2.05) is 30.3 Å². The average Bonchev–Trinajstić information content (AvgIpc) is 3.32. The van der Waals surface area contributed by atoms with Crippen molar-refractivity contribution in [2.45, 2.75) is 58.8 Å². The van der Waals surface area contributed by atoms with E-state index in [9.17, 15) is 0 Å². The normalized spacial score (nSPS) is 12.1. The third-order valence-corrected chi connectivity index (χ3v) is 5.08. The molecule has 28 heavy (non-hydrogen) atoms. The molecule has 1 aliphatic carbocycles. The van der Waals surface area contributed by atoms with Crippen molar-refractivity contribution in [3.05, 3.63) is 89.0 Å². The van der Waals surface area contributed by atoms with Crippen molar-refractivity contribution in [3.8, 4) is 11.1 Å². The molecule has 144 valence electrons. The number of benzene rings is 2. The Balaban J connectivity index is 0.000000342. The third-order valence-electron chi connectivity index (χ3n) is 5.08. The van der Waals surface area contributed by atoms with Crippen LogP contribution in [0.2, 0.25) is 0 Å². The van der Waals surface area contributed by atoms with E-state index in [2.05, 4.69) is 82.2 Å². The van der Waals surface area contributed by atoms with Gasteiger partial charge >= 0.3 is 28.4 Å². The molecule has 0 amide bonds. The molecule has 0 bridgehead atoms. The Morgan fingerprint density at radius 2 is 1.43 bits per heavy atom. The molecule has 0 saturated carbocycles. The van der Waals surface area contributed by atoms with Crippen LogP contribution in [0.25, 0.3) is 11.1 Å². The van der Waals surface area contributed by atoms with Crippen LogP contribution in [0, 0.1) is 6.07 Å². The molecule has 3 aromatic carbocycles. The summed E-state index contributed by atoms with van der Waals surface area (Å²) >= 11 is 1.30. The van der Waals surface area contributed by atoms with Gasteiger partial charge in [0.25, 0.3) is 0 Å². The van der Waals surface area contributed by atoms with E-state index in [-0.39, 0.29) is 10.8 Å². The molecule has 0 fully saturated rings. The summed E-state index contributed by atoms with van der Waals surface area (Å²) in [5, 5.41) is 0. The molecular formula is C27H32Zr. The summed E-state index contributed by atoms with van der Waals surface area (Å²) < 4.78 is 3.34. The Morgan fingerprint density at radius 1 is 0.857 bits per heavy atom. The van der Waals surface area contributed by atoms with E-state index in [1.54, 1.807) is 0 Å². The van der Waals surface area contributed by atoms with Crippen molar-refractivity contribution in [1.29, 1.82) is 0 Å². The molecule has 0 aromatic heterocycles. The average molecular weight is 448 g/mol. The fourth-order valence-corrected chi connectivity index (χ4v) is 3.31. The first-order chi connectivity index (χ1) is 13.2. The van der Waals surface area contributed by atoms with Gasteiger partial charge in [0.15, 0.2) is 0 Å². The van der Waals surface area contributed by atoms with Gasteiger partial charge in [-0.25, -0.2) is 12.1 Å². The molecule has 1 heteroatoms. The first kappa shape index (κ1) is 22.8. The molecule has 0 unspecified atom stereocenters. The molecule has 0 heterocycles. The summed E-state index contributed by atoms with van der Waals surface area (Å²) in [7, 11) is 0. The second-order valence-corrected chi connectivity index (χ2v) is 9.29. The van der Waals surface area contributed by atoms with Crippen LogP contribution in [0.5, 0.6) is 0 Å². The van der Waals surface area contributed by atoms with E-state index in [1.165, 1.54) is 57.6 Å². The maximum absolute atomic E-state index is 3.53. The molecule has 0 spiro atoms. The van der Waals surface area contributed by atoms with Gasteiger partial charge in [-0.2, -0.15) is 47.5 Å². The maximum Gasteiger partial charge on any atom is -0.172 e.